The normalized spacial score (nSPS) is 22.3. The van der Waals surface area contributed by atoms with Crippen molar-refractivity contribution in [2.45, 2.75) is 25.7 Å². The molecule has 1 atom stereocenters. The average Bonchev–Trinajstić information content (AvgIpc) is 2.94. The summed E-state index contributed by atoms with van der Waals surface area (Å²) in [6.07, 6.45) is 3.53. The van der Waals surface area contributed by atoms with Gasteiger partial charge >= 0.3 is 5.97 Å². The Labute approximate surface area is 122 Å². The third-order valence-corrected chi connectivity index (χ3v) is 4.83. The van der Waals surface area contributed by atoms with Crippen LogP contribution in [0.1, 0.15) is 24.1 Å². The third-order valence-electron chi connectivity index (χ3n) is 3.90. The minimum atomic E-state index is -0.260. The largest absolute Gasteiger partial charge is 0.465 e. The van der Waals surface area contributed by atoms with E-state index >= 15 is 0 Å². The van der Waals surface area contributed by atoms with Crippen LogP contribution in [0.15, 0.2) is 17.5 Å². The SMILES string of the molecule is O=C(OCCc1cccs1)C1CC(=O)N(CC2CC2)C1. The van der Waals surface area contributed by atoms with Crippen molar-refractivity contribution < 1.29 is 14.3 Å². The fourth-order valence-corrected chi connectivity index (χ4v) is 3.23. The zero-order valence-electron chi connectivity index (χ0n) is 11.4. The van der Waals surface area contributed by atoms with Gasteiger partial charge in [0.1, 0.15) is 0 Å². The van der Waals surface area contributed by atoms with Crippen LogP contribution in [0.3, 0.4) is 0 Å². The van der Waals surface area contributed by atoms with E-state index in [9.17, 15) is 9.59 Å². The predicted octanol–water partition coefficient (Wildman–Crippen LogP) is 2.09. The number of likely N-dealkylation sites (tertiary alicyclic amines) is 1. The highest BCUT2D eigenvalue weighted by Gasteiger charge is 2.37. The molecule has 20 heavy (non-hydrogen) atoms. The van der Waals surface area contributed by atoms with Crippen molar-refractivity contribution in [2.24, 2.45) is 11.8 Å². The molecule has 1 aromatic rings. The van der Waals surface area contributed by atoms with Crippen LogP contribution in [0.5, 0.6) is 0 Å². The monoisotopic (exact) mass is 293 g/mol. The molecule has 1 aliphatic carbocycles. The molecule has 1 aliphatic heterocycles. The molecule has 0 radical (unpaired) electrons. The van der Waals surface area contributed by atoms with E-state index in [4.69, 9.17) is 4.74 Å². The van der Waals surface area contributed by atoms with Crippen LogP contribution >= 0.6 is 11.3 Å². The summed E-state index contributed by atoms with van der Waals surface area (Å²) >= 11 is 1.67. The number of carbonyl (C=O) groups is 2. The quantitative estimate of drug-likeness (QED) is 0.755. The predicted molar refractivity (Wildman–Crippen MR) is 76.4 cm³/mol. The van der Waals surface area contributed by atoms with E-state index < -0.39 is 0 Å². The van der Waals surface area contributed by atoms with Crippen LogP contribution in [0, 0.1) is 11.8 Å². The van der Waals surface area contributed by atoms with Crippen LogP contribution in [0.2, 0.25) is 0 Å². The van der Waals surface area contributed by atoms with Crippen molar-refractivity contribution in [3.05, 3.63) is 22.4 Å². The summed E-state index contributed by atoms with van der Waals surface area (Å²) in [7, 11) is 0. The maximum Gasteiger partial charge on any atom is 0.311 e. The lowest BCUT2D eigenvalue weighted by Gasteiger charge is -2.15. The lowest BCUT2D eigenvalue weighted by atomic mass is 10.1. The second-order valence-electron chi connectivity index (χ2n) is 5.64. The molecule has 1 saturated carbocycles. The van der Waals surface area contributed by atoms with E-state index in [0.717, 1.165) is 13.0 Å². The van der Waals surface area contributed by atoms with Crippen LogP contribution in [-0.2, 0) is 20.7 Å². The highest BCUT2D eigenvalue weighted by Crippen LogP contribution is 2.32. The van der Waals surface area contributed by atoms with Gasteiger partial charge in [0.15, 0.2) is 0 Å². The highest BCUT2D eigenvalue weighted by atomic mass is 32.1. The van der Waals surface area contributed by atoms with Gasteiger partial charge in [-0.3, -0.25) is 9.59 Å². The van der Waals surface area contributed by atoms with Crippen molar-refractivity contribution in [1.29, 1.82) is 0 Å². The number of ether oxygens (including phenoxy) is 1. The molecule has 3 rings (SSSR count). The molecular weight excluding hydrogens is 274 g/mol. The van der Waals surface area contributed by atoms with Gasteiger partial charge in [-0.05, 0) is 30.2 Å². The third kappa shape index (κ3) is 3.39. The number of esters is 1. The number of rotatable bonds is 6. The lowest BCUT2D eigenvalue weighted by molar-refractivity contribution is -0.148. The number of nitrogens with zero attached hydrogens (tertiary/aromatic N) is 1. The summed E-state index contributed by atoms with van der Waals surface area (Å²) in [5.74, 6) is 0.308. The lowest BCUT2D eigenvalue weighted by Crippen LogP contribution is -2.28. The van der Waals surface area contributed by atoms with Gasteiger partial charge in [0, 0.05) is 30.8 Å². The fraction of sp³-hybridized carbons (Fsp3) is 0.600. The van der Waals surface area contributed by atoms with Crippen LogP contribution in [-0.4, -0.2) is 36.5 Å². The molecule has 1 unspecified atom stereocenters. The second kappa shape index (κ2) is 5.95. The Hall–Kier alpha value is -1.36. The van der Waals surface area contributed by atoms with Crippen LogP contribution < -0.4 is 0 Å². The summed E-state index contributed by atoms with van der Waals surface area (Å²) in [4.78, 5) is 26.9. The van der Waals surface area contributed by atoms with Crippen molar-refractivity contribution in [1.82, 2.24) is 4.90 Å². The molecule has 108 valence electrons. The van der Waals surface area contributed by atoms with E-state index in [1.54, 1.807) is 11.3 Å². The summed E-state index contributed by atoms with van der Waals surface area (Å²) in [6.45, 7) is 1.79. The van der Waals surface area contributed by atoms with Crippen molar-refractivity contribution >= 4 is 23.2 Å². The van der Waals surface area contributed by atoms with Gasteiger partial charge in [0.05, 0.1) is 12.5 Å². The first-order chi connectivity index (χ1) is 9.72. The van der Waals surface area contributed by atoms with Gasteiger partial charge in [-0.15, -0.1) is 11.3 Å². The standard InChI is InChI=1S/C15H19NO3S/c17-14-8-12(10-16(14)9-11-3-4-11)15(18)19-6-5-13-2-1-7-20-13/h1-2,7,11-12H,3-6,8-10H2. The Morgan fingerprint density at radius 1 is 1.45 bits per heavy atom. The summed E-state index contributed by atoms with van der Waals surface area (Å²) in [5.41, 5.74) is 0. The number of hydrogen-bond donors (Lipinski definition) is 0. The van der Waals surface area contributed by atoms with Crippen molar-refractivity contribution in [3.63, 3.8) is 0 Å². The van der Waals surface area contributed by atoms with Gasteiger partial charge in [-0.25, -0.2) is 0 Å². The second-order valence-corrected chi connectivity index (χ2v) is 6.67. The fourth-order valence-electron chi connectivity index (χ4n) is 2.54. The highest BCUT2D eigenvalue weighted by molar-refractivity contribution is 7.09. The van der Waals surface area contributed by atoms with Crippen LogP contribution in [0.25, 0.3) is 0 Å². The summed E-state index contributed by atoms with van der Waals surface area (Å²) in [5, 5.41) is 2.02. The van der Waals surface area contributed by atoms with Gasteiger partial charge in [-0.1, -0.05) is 6.07 Å². The molecule has 0 N–H and O–H groups in total. The Balaban J connectivity index is 1.42. The minimum absolute atomic E-state index is 0.108. The molecule has 0 aromatic carbocycles. The number of carbonyl (C=O) groups excluding carboxylic acids is 2. The maximum absolute atomic E-state index is 12.0. The molecule has 2 aliphatic rings. The van der Waals surface area contributed by atoms with Gasteiger partial charge in [0.2, 0.25) is 5.91 Å². The molecule has 1 aromatic heterocycles. The first kappa shape index (κ1) is 13.6. The number of thiophene rings is 1. The molecule has 0 spiro atoms. The molecule has 2 heterocycles. The molecular formula is C15H19NO3S. The Bertz CT molecular complexity index is 481. The molecule has 2 fully saturated rings. The van der Waals surface area contributed by atoms with E-state index in [1.165, 1.54) is 17.7 Å². The molecule has 4 nitrogen and oxygen atoms in total. The summed E-state index contributed by atoms with van der Waals surface area (Å²) in [6, 6.07) is 4.03. The van der Waals surface area contributed by atoms with E-state index in [-0.39, 0.29) is 17.8 Å². The summed E-state index contributed by atoms with van der Waals surface area (Å²) < 4.78 is 5.31. The van der Waals surface area contributed by atoms with Crippen molar-refractivity contribution in [2.75, 3.05) is 19.7 Å². The van der Waals surface area contributed by atoms with E-state index in [2.05, 4.69) is 0 Å². The maximum atomic E-state index is 12.0. The Morgan fingerprint density at radius 3 is 3.00 bits per heavy atom. The van der Waals surface area contributed by atoms with Gasteiger partial charge in [0.25, 0.3) is 0 Å². The van der Waals surface area contributed by atoms with Crippen molar-refractivity contribution in [3.8, 4) is 0 Å². The molecule has 5 heteroatoms. The molecule has 1 saturated heterocycles. The number of amides is 1. The Kier molecular flexibility index (Phi) is 4.05. The smallest absolute Gasteiger partial charge is 0.311 e. The zero-order chi connectivity index (χ0) is 13.9. The van der Waals surface area contributed by atoms with Crippen LogP contribution in [0.4, 0.5) is 0 Å². The van der Waals surface area contributed by atoms with E-state index in [1.807, 2.05) is 22.4 Å². The first-order valence-corrected chi connectivity index (χ1v) is 8.07. The Morgan fingerprint density at radius 2 is 2.30 bits per heavy atom. The number of hydrogen-bond acceptors (Lipinski definition) is 4. The zero-order valence-corrected chi connectivity index (χ0v) is 12.2. The van der Waals surface area contributed by atoms with E-state index in [0.29, 0.717) is 25.5 Å². The molecule has 1 amide bonds. The van der Waals surface area contributed by atoms with Gasteiger partial charge < -0.3 is 9.64 Å². The molecule has 0 bridgehead atoms. The minimum Gasteiger partial charge on any atom is -0.465 e. The topological polar surface area (TPSA) is 46.6 Å². The average molecular weight is 293 g/mol. The van der Waals surface area contributed by atoms with Gasteiger partial charge in [-0.2, -0.15) is 0 Å². The first-order valence-electron chi connectivity index (χ1n) is 7.19.